The maximum absolute atomic E-state index is 12.6. The lowest BCUT2D eigenvalue weighted by Crippen LogP contribution is -2.48. The summed E-state index contributed by atoms with van der Waals surface area (Å²) in [5, 5.41) is 2.87. The average molecular weight is 356 g/mol. The summed E-state index contributed by atoms with van der Waals surface area (Å²) in [5.41, 5.74) is 2.59. The fourth-order valence-corrected chi connectivity index (χ4v) is 3.12. The van der Waals surface area contributed by atoms with Gasteiger partial charge in [-0.25, -0.2) is 0 Å². The molecule has 0 radical (unpaired) electrons. The number of likely N-dealkylation sites (tertiary alicyclic amines) is 1. The lowest BCUT2D eigenvalue weighted by molar-refractivity contribution is -0.187. The van der Waals surface area contributed by atoms with E-state index in [9.17, 15) is 22.8 Å². The van der Waals surface area contributed by atoms with Crippen LogP contribution in [0.5, 0.6) is 0 Å². The number of rotatable bonds is 3. The van der Waals surface area contributed by atoms with E-state index >= 15 is 0 Å². The van der Waals surface area contributed by atoms with Crippen LogP contribution in [-0.4, -0.2) is 36.0 Å². The first-order chi connectivity index (χ1) is 11.6. The Balaban J connectivity index is 2.13. The molecule has 0 saturated carbocycles. The maximum atomic E-state index is 12.6. The number of piperidine rings is 1. The zero-order valence-corrected chi connectivity index (χ0v) is 14.6. The maximum Gasteiger partial charge on any atom is 0.471 e. The van der Waals surface area contributed by atoms with Crippen molar-refractivity contribution in [2.75, 3.05) is 18.4 Å². The lowest BCUT2D eigenvalue weighted by Gasteiger charge is -2.32. The van der Waals surface area contributed by atoms with Crippen LogP contribution in [0.2, 0.25) is 0 Å². The first kappa shape index (κ1) is 19.3. The van der Waals surface area contributed by atoms with Gasteiger partial charge in [0.1, 0.15) is 0 Å². The molecule has 1 atom stereocenters. The summed E-state index contributed by atoms with van der Waals surface area (Å²) in [5.74, 6) is -2.65. The standard InChI is InChI=1S/C18H23F3N2O2/c1-11(2)14-8-4-6-12(3)15(14)22-16(24)13-7-5-9-23(10-13)17(25)18(19,20)21/h4,6,8,11,13H,5,7,9-10H2,1-3H3,(H,22,24). The summed E-state index contributed by atoms with van der Waals surface area (Å²) in [6, 6.07) is 5.71. The topological polar surface area (TPSA) is 49.4 Å². The average Bonchev–Trinajstić information content (AvgIpc) is 2.55. The van der Waals surface area contributed by atoms with E-state index < -0.39 is 18.0 Å². The van der Waals surface area contributed by atoms with Crippen molar-refractivity contribution >= 4 is 17.5 Å². The third kappa shape index (κ3) is 4.52. The quantitative estimate of drug-likeness (QED) is 0.894. The molecule has 1 heterocycles. The summed E-state index contributed by atoms with van der Waals surface area (Å²) < 4.78 is 37.8. The van der Waals surface area contributed by atoms with Crippen LogP contribution in [0.15, 0.2) is 18.2 Å². The number of nitrogens with one attached hydrogen (secondary N) is 1. The molecule has 1 aliphatic rings. The van der Waals surface area contributed by atoms with Crippen LogP contribution in [0.1, 0.15) is 43.7 Å². The number of para-hydroxylation sites is 1. The van der Waals surface area contributed by atoms with E-state index in [0.29, 0.717) is 18.5 Å². The molecule has 1 fully saturated rings. The smallest absolute Gasteiger partial charge is 0.334 e. The Kier molecular flexibility index (Phi) is 5.75. The van der Waals surface area contributed by atoms with Crippen molar-refractivity contribution in [1.29, 1.82) is 0 Å². The number of hydrogen-bond donors (Lipinski definition) is 1. The first-order valence-electron chi connectivity index (χ1n) is 8.37. The molecule has 1 aromatic rings. The second-order valence-electron chi connectivity index (χ2n) is 6.77. The fraction of sp³-hybridized carbons (Fsp3) is 0.556. The number of nitrogens with zero attached hydrogens (tertiary/aromatic N) is 1. The number of carbonyl (C=O) groups excluding carboxylic acids is 2. The Hall–Kier alpha value is -2.05. The van der Waals surface area contributed by atoms with Gasteiger partial charge in [0.15, 0.2) is 0 Å². The fourth-order valence-electron chi connectivity index (χ4n) is 3.12. The van der Waals surface area contributed by atoms with Crippen LogP contribution in [0.25, 0.3) is 0 Å². The van der Waals surface area contributed by atoms with Gasteiger partial charge in [-0.05, 0) is 36.8 Å². The van der Waals surface area contributed by atoms with E-state index in [-0.39, 0.29) is 24.9 Å². The number of alkyl halides is 3. The van der Waals surface area contributed by atoms with E-state index in [1.54, 1.807) is 0 Å². The predicted octanol–water partition coefficient (Wildman–Crippen LogP) is 3.86. The van der Waals surface area contributed by atoms with E-state index in [1.807, 2.05) is 39.0 Å². The zero-order valence-electron chi connectivity index (χ0n) is 14.6. The summed E-state index contributed by atoms with van der Waals surface area (Å²) >= 11 is 0. The highest BCUT2D eigenvalue weighted by atomic mass is 19.4. The molecule has 25 heavy (non-hydrogen) atoms. The van der Waals surface area contributed by atoms with Gasteiger partial charge in [0.05, 0.1) is 5.92 Å². The Morgan fingerprint density at radius 1 is 1.28 bits per heavy atom. The predicted molar refractivity (Wildman–Crippen MR) is 89.3 cm³/mol. The van der Waals surface area contributed by atoms with Gasteiger partial charge in [-0.3, -0.25) is 9.59 Å². The lowest BCUT2D eigenvalue weighted by atomic mass is 9.95. The molecule has 0 bridgehead atoms. The SMILES string of the molecule is Cc1cccc(C(C)C)c1NC(=O)C1CCCN(C(=O)C(F)(F)F)C1. The molecule has 0 spiro atoms. The molecule has 1 aliphatic heterocycles. The molecule has 0 aliphatic carbocycles. The summed E-state index contributed by atoms with van der Waals surface area (Å²) in [6.07, 6.45) is -4.06. The third-order valence-electron chi connectivity index (χ3n) is 4.50. The molecule has 1 unspecified atom stereocenters. The van der Waals surface area contributed by atoms with Crippen LogP contribution < -0.4 is 5.32 Å². The molecule has 7 heteroatoms. The second-order valence-corrected chi connectivity index (χ2v) is 6.77. The molecule has 1 aromatic carbocycles. The Morgan fingerprint density at radius 3 is 2.56 bits per heavy atom. The summed E-state index contributed by atoms with van der Waals surface area (Å²) in [7, 11) is 0. The van der Waals surface area contributed by atoms with Crippen molar-refractivity contribution in [2.45, 2.75) is 45.7 Å². The van der Waals surface area contributed by atoms with E-state index in [4.69, 9.17) is 0 Å². The van der Waals surface area contributed by atoms with Gasteiger partial charge in [0.25, 0.3) is 0 Å². The van der Waals surface area contributed by atoms with Gasteiger partial charge < -0.3 is 10.2 Å². The largest absolute Gasteiger partial charge is 0.471 e. The van der Waals surface area contributed by atoms with Crippen molar-refractivity contribution in [2.24, 2.45) is 5.92 Å². The van der Waals surface area contributed by atoms with Crippen molar-refractivity contribution in [1.82, 2.24) is 4.90 Å². The molecule has 4 nitrogen and oxygen atoms in total. The molecular weight excluding hydrogens is 333 g/mol. The van der Waals surface area contributed by atoms with E-state index in [2.05, 4.69) is 5.32 Å². The number of aryl methyl sites for hydroxylation is 1. The summed E-state index contributed by atoms with van der Waals surface area (Å²) in [4.78, 5) is 24.7. The highest BCUT2D eigenvalue weighted by molar-refractivity contribution is 5.95. The first-order valence-corrected chi connectivity index (χ1v) is 8.37. The molecule has 0 aromatic heterocycles. The number of anilines is 1. The van der Waals surface area contributed by atoms with E-state index in [0.717, 1.165) is 16.0 Å². The molecule has 1 saturated heterocycles. The highest BCUT2D eigenvalue weighted by Crippen LogP contribution is 2.29. The highest BCUT2D eigenvalue weighted by Gasteiger charge is 2.44. The Bertz CT molecular complexity index is 656. The van der Waals surface area contributed by atoms with Crippen molar-refractivity contribution in [3.8, 4) is 0 Å². The number of benzene rings is 1. The number of amides is 2. The minimum absolute atomic E-state index is 0.0315. The number of carbonyl (C=O) groups is 2. The third-order valence-corrected chi connectivity index (χ3v) is 4.50. The molecule has 2 rings (SSSR count). The van der Waals surface area contributed by atoms with Crippen LogP contribution in [-0.2, 0) is 9.59 Å². The second kappa shape index (κ2) is 7.45. The van der Waals surface area contributed by atoms with E-state index in [1.165, 1.54) is 0 Å². The van der Waals surface area contributed by atoms with Gasteiger partial charge in [0, 0.05) is 18.8 Å². The Morgan fingerprint density at radius 2 is 1.96 bits per heavy atom. The van der Waals surface area contributed by atoms with Gasteiger partial charge in [-0.1, -0.05) is 32.0 Å². The summed E-state index contributed by atoms with van der Waals surface area (Å²) in [6.45, 7) is 5.72. The number of hydrogen-bond acceptors (Lipinski definition) is 2. The van der Waals surface area contributed by atoms with Crippen molar-refractivity contribution < 1.29 is 22.8 Å². The minimum Gasteiger partial charge on any atom is -0.334 e. The number of halogens is 3. The monoisotopic (exact) mass is 356 g/mol. The molecule has 2 amide bonds. The van der Waals surface area contributed by atoms with Crippen LogP contribution in [0, 0.1) is 12.8 Å². The molecular formula is C18H23F3N2O2. The van der Waals surface area contributed by atoms with Gasteiger partial charge in [0.2, 0.25) is 5.91 Å². The zero-order chi connectivity index (χ0) is 18.8. The van der Waals surface area contributed by atoms with Crippen molar-refractivity contribution in [3.63, 3.8) is 0 Å². The van der Waals surface area contributed by atoms with Gasteiger partial charge >= 0.3 is 12.1 Å². The van der Waals surface area contributed by atoms with Crippen LogP contribution >= 0.6 is 0 Å². The minimum atomic E-state index is -4.90. The molecule has 1 N–H and O–H groups in total. The Labute approximate surface area is 145 Å². The van der Waals surface area contributed by atoms with Crippen LogP contribution in [0.4, 0.5) is 18.9 Å². The van der Waals surface area contributed by atoms with Crippen molar-refractivity contribution in [3.05, 3.63) is 29.3 Å². The molecule has 138 valence electrons. The van der Waals surface area contributed by atoms with Gasteiger partial charge in [-0.2, -0.15) is 13.2 Å². The normalized spacial score (nSPS) is 18.4. The van der Waals surface area contributed by atoms with Gasteiger partial charge in [-0.15, -0.1) is 0 Å². The van der Waals surface area contributed by atoms with Crippen LogP contribution in [0.3, 0.4) is 0 Å².